The van der Waals surface area contributed by atoms with Gasteiger partial charge in [0.2, 0.25) is 5.91 Å². The van der Waals surface area contributed by atoms with Crippen LogP contribution in [0.15, 0.2) is 84.9 Å². The molecule has 1 atom stereocenters. The van der Waals surface area contributed by atoms with Crippen LogP contribution in [0.2, 0.25) is 0 Å². The highest BCUT2D eigenvalue weighted by atomic mass is 16.2. The zero-order valence-electron chi connectivity index (χ0n) is 15.9. The molecule has 1 aliphatic rings. The number of hydrogen-bond acceptors (Lipinski definition) is 3. The summed E-state index contributed by atoms with van der Waals surface area (Å²) in [6.45, 7) is 0.810. The fraction of sp³-hybridized carbons (Fsp3) is 0.120. The number of aromatic nitrogens is 1. The van der Waals surface area contributed by atoms with Crippen molar-refractivity contribution >= 4 is 28.2 Å². The summed E-state index contributed by atoms with van der Waals surface area (Å²) >= 11 is 0. The molecule has 3 aromatic carbocycles. The van der Waals surface area contributed by atoms with Crippen molar-refractivity contribution in [2.75, 3.05) is 17.2 Å². The standard InChI is InChI=1S/C25H21N3O/c29-25-24(19-11-5-7-13-21(19)28-25)23-16-22(18-10-4-6-12-20(18)27-23)26-15-14-17-8-2-1-3-9-17/h1-13,16,24H,14-15H2,(H,26,27)(H,28,29). The Morgan fingerprint density at radius 1 is 0.897 bits per heavy atom. The number of nitrogens with one attached hydrogen (secondary N) is 2. The Hall–Kier alpha value is -3.66. The minimum Gasteiger partial charge on any atom is -0.384 e. The number of fused-ring (bicyclic) bond motifs is 2. The Labute approximate surface area is 169 Å². The van der Waals surface area contributed by atoms with E-state index in [9.17, 15) is 4.79 Å². The summed E-state index contributed by atoms with van der Waals surface area (Å²) in [4.78, 5) is 17.5. The van der Waals surface area contributed by atoms with Gasteiger partial charge < -0.3 is 10.6 Å². The number of carbonyl (C=O) groups is 1. The molecule has 4 heteroatoms. The van der Waals surface area contributed by atoms with Crippen LogP contribution in [-0.4, -0.2) is 17.4 Å². The third kappa shape index (κ3) is 3.34. The lowest BCUT2D eigenvalue weighted by Crippen LogP contribution is -2.15. The van der Waals surface area contributed by atoms with Crippen LogP contribution >= 0.6 is 0 Å². The molecule has 0 saturated heterocycles. The molecule has 4 nitrogen and oxygen atoms in total. The van der Waals surface area contributed by atoms with Gasteiger partial charge in [-0.15, -0.1) is 0 Å². The van der Waals surface area contributed by atoms with Crippen molar-refractivity contribution in [3.05, 3.63) is 102 Å². The highest BCUT2D eigenvalue weighted by molar-refractivity contribution is 6.05. The van der Waals surface area contributed by atoms with Gasteiger partial charge in [0.1, 0.15) is 5.92 Å². The van der Waals surface area contributed by atoms with Gasteiger partial charge in [-0.05, 0) is 35.7 Å². The van der Waals surface area contributed by atoms with E-state index in [1.165, 1.54) is 5.56 Å². The maximum atomic E-state index is 12.7. The van der Waals surface area contributed by atoms with Crippen molar-refractivity contribution in [1.29, 1.82) is 0 Å². The summed E-state index contributed by atoms with van der Waals surface area (Å²) in [5.74, 6) is -0.408. The maximum absolute atomic E-state index is 12.7. The Morgan fingerprint density at radius 3 is 2.55 bits per heavy atom. The largest absolute Gasteiger partial charge is 0.384 e. The van der Waals surface area contributed by atoms with Crippen molar-refractivity contribution in [3.8, 4) is 0 Å². The van der Waals surface area contributed by atoms with Crippen LogP contribution < -0.4 is 10.6 Å². The summed E-state index contributed by atoms with van der Waals surface area (Å²) in [5, 5.41) is 7.61. The topological polar surface area (TPSA) is 54.0 Å². The Bertz CT molecular complexity index is 1190. The number of pyridine rings is 1. The van der Waals surface area contributed by atoms with Crippen LogP contribution in [0.1, 0.15) is 22.7 Å². The van der Waals surface area contributed by atoms with Gasteiger partial charge in [0.05, 0.1) is 11.2 Å². The van der Waals surface area contributed by atoms with Gasteiger partial charge >= 0.3 is 0 Å². The molecule has 1 amide bonds. The molecule has 5 rings (SSSR count). The van der Waals surface area contributed by atoms with E-state index in [2.05, 4.69) is 41.0 Å². The van der Waals surface area contributed by atoms with E-state index in [1.807, 2.05) is 54.6 Å². The summed E-state index contributed by atoms with van der Waals surface area (Å²) < 4.78 is 0. The average Bonchev–Trinajstić information content (AvgIpc) is 3.10. The van der Waals surface area contributed by atoms with Crippen LogP contribution in [0.4, 0.5) is 11.4 Å². The van der Waals surface area contributed by atoms with Crippen molar-refractivity contribution in [1.82, 2.24) is 4.98 Å². The quantitative estimate of drug-likeness (QED) is 0.515. The SMILES string of the molecule is O=C1Nc2ccccc2C1c1cc(NCCc2ccccc2)c2ccccc2n1. The molecule has 0 saturated carbocycles. The number of rotatable bonds is 5. The van der Waals surface area contributed by atoms with Gasteiger partial charge in [-0.1, -0.05) is 66.7 Å². The van der Waals surface area contributed by atoms with Crippen LogP contribution in [-0.2, 0) is 11.2 Å². The Balaban J connectivity index is 1.50. The zero-order chi connectivity index (χ0) is 19.6. The van der Waals surface area contributed by atoms with E-state index in [1.54, 1.807) is 0 Å². The second-order valence-electron chi connectivity index (χ2n) is 7.28. The van der Waals surface area contributed by atoms with Crippen LogP contribution in [0.3, 0.4) is 0 Å². The van der Waals surface area contributed by atoms with Crippen molar-refractivity contribution in [2.45, 2.75) is 12.3 Å². The lowest BCUT2D eigenvalue weighted by Gasteiger charge is -2.15. The number of nitrogens with zero attached hydrogens (tertiary/aromatic N) is 1. The van der Waals surface area contributed by atoms with E-state index >= 15 is 0 Å². The molecule has 0 aliphatic carbocycles. The summed E-state index contributed by atoms with van der Waals surface area (Å²) in [7, 11) is 0. The molecule has 142 valence electrons. The minimum atomic E-state index is -0.384. The number of anilines is 2. The zero-order valence-corrected chi connectivity index (χ0v) is 15.9. The number of carbonyl (C=O) groups excluding carboxylic acids is 1. The van der Waals surface area contributed by atoms with Gasteiger partial charge in [-0.2, -0.15) is 0 Å². The van der Waals surface area contributed by atoms with Gasteiger partial charge in [-0.25, -0.2) is 0 Å². The fourth-order valence-corrected chi connectivity index (χ4v) is 3.98. The first-order valence-electron chi connectivity index (χ1n) is 9.87. The average molecular weight is 379 g/mol. The number of hydrogen-bond donors (Lipinski definition) is 2. The van der Waals surface area contributed by atoms with Gasteiger partial charge in [0, 0.05) is 23.3 Å². The van der Waals surface area contributed by atoms with E-state index in [4.69, 9.17) is 4.98 Å². The summed E-state index contributed by atoms with van der Waals surface area (Å²) in [6.07, 6.45) is 0.930. The van der Waals surface area contributed by atoms with Gasteiger partial charge in [0.25, 0.3) is 0 Å². The smallest absolute Gasteiger partial charge is 0.238 e. The first kappa shape index (κ1) is 17.4. The van der Waals surface area contributed by atoms with Crippen LogP contribution in [0.25, 0.3) is 10.9 Å². The van der Waals surface area contributed by atoms with Gasteiger partial charge in [0.15, 0.2) is 0 Å². The van der Waals surface area contributed by atoms with Gasteiger partial charge in [-0.3, -0.25) is 9.78 Å². The summed E-state index contributed by atoms with van der Waals surface area (Å²) in [6, 6.07) is 28.4. The summed E-state index contributed by atoms with van der Waals surface area (Å²) in [5.41, 5.74) is 5.82. The van der Waals surface area contributed by atoms with Crippen molar-refractivity contribution < 1.29 is 4.79 Å². The first-order chi connectivity index (χ1) is 14.3. The molecule has 0 fully saturated rings. The van der Waals surface area contributed by atoms with Crippen molar-refractivity contribution in [3.63, 3.8) is 0 Å². The third-order valence-electron chi connectivity index (χ3n) is 5.40. The normalized spacial score (nSPS) is 15.2. The molecule has 0 radical (unpaired) electrons. The minimum absolute atomic E-state index is 0.0239. The molecule has 4 aromatic rings. The monoisotopic (exact) mass is 379 g/mol. The first-order valence-corrected chi connectivity index (χ1v) is 9.87. The molecule has 2 N–H and O–H groups in total. The predicted octanol–water partition coefficient (Wildman–Crippen LogP) is 4.97. The molecular weight excluding hydrogens is 358 g/mol. The lowest BCUT2D eigenvalue weighted by atomic mass is 9.95. The highest BCUT2D eigenvalue weighted by Crippen LogP contribution is 2.38. The van der Waals surface area contributed by atoms with E-state index in [0.717, 1.165) is 46.5 Å². The highest BCUT2D eigenvalue weighted by Gasteiger charge is 2.33. The number of para-hydroxylation sites is 2. The number of amides is 1. The molecule has 1 aliphatic heterocycles. The Kier molecular flexibility index (Phi) is 4.45. The molecule has 1 unspecified atom stereocenters. The molecule has 2 heterocycles. The Morgan fingerprint density at radius 2 is 1.66 bits per heavy atom. The van der Waals surface area contributed by atoms with E-state index in [0.29, 0.717) is 0 Å². The van der Waals surface area contributed by atoms with E-state index < -0.39 is 0 Å². The van der Waals surface area contributed by atoms with Crippen LogP contribution in [0, 0.1) is 0 Å². The third-order valence-corrected chi connectivity index (χ3v) is 5.40. The molecular formula is C25H21N3O. The molecule has 1 aromatic heterocycles. The molecule has 29 heavy (non-hydrogen) atoms. The van der Waals surface area contributed by atoms with Crippen LogP contribution in [0.5, 0.6) is 0 Å². The van der Waals surface area contributed by atoms with E-state index in [-0.39, 0.29) is 11.8 Å². The lowest BCUT2D eigenvalue weighted by molar-refractivity contribution is -0.116. The number of benzene rings is 3. The molecule has 0 bridgehead atoms. The maximum Gasteiger partial charge on any atom is 0.238 e. The molecule has 0 spiro atoms. The second-order valence-corrected chi connectivity index (χ2v) is 7.28. The fourth-order valence-electron chi connectivity index (χ4n) is 3.98. The second kappa shape index (κ2) is 7.40. The predicted molar refractivity (Wildman–Crippen MR) is 117 cm³/mol. The van der Waals surface area contributed by atoms with Crippen molar-refractivity contribution in [2.24, 2.45) is 0 Å².